The molecular formula is C14H22N2O3. The Kier molecular flexibility index (Phi) is 5.42. The lowest BCUT2D eigenvalue weighted by molar-refractivity contribution is 0.0374. The third kappa shape index (κ3) is 4.08. The summed E-state index contributed by atoms with van der Waals surface area (Å²) in [5.74, 6) is 1.24. The third-order valence-corrected chi connectivity index (χ3v) is 3.31. The van der Waals surface area contributed by atoms with Crippen molar-refractivity contribution in [2.45, 2.75) is 12.8 Å². The number of hydrogen-bond acceptors (Lipinski definition) is 5. The van der Waals surface area contributed by atoms with Crippen LogP contribution in [0.1, 0.15) is 12.1 Å². The minimum Gasteiger partial charge on any atom is -0.491 e. The molecule has 1 aromatic heterocycles. The maximum absolute atomic E-state index is 5.34. The van der Waals surface area contributed by atoms with Crippen molar-refractivity contribution in [3.05, 3.63) is 17.8 Å². The van der Waals surface area contributed by atoms with E-state index in [4.69, 9.17) is 14.2 Å². The van der Waals surface area contributed by atoms with E-state index in [0.717, 1.165) is 51.4 Å². The maximum Gasteiger partial charge on any atom is 0.256 e. The van der Waals surface area contributed by atoms with Gasteiger partial charge in [0.15, 0.2) is 5.75 Å². The molecule has 0 aliphatic carbocycles. The molecule has 2 rings (SSSR count). The van der Waals surface area contributed by atoms with Crippen molar-refractivity contribution in [1.82, 2.24) is 9.88 Å². The second-order valence-corrected chi connectivity index (χ2v) is 4.57. The van der Waals surface area contributed by atoms with E-state index in [9.17, 15) is 0 Å². The molecule has 1 saturated heterocycles. The largest absolute Gasteiger partial charge is 0.491 e. The fraction of sp³-hybridized carbons (Fsp3) is 0.643. The van der Waals surface area contributed by atoms with Gasteiger partial charge in [-0.15, -0.1) is 0 Å². The van der Waals surface area contributed by atoms with E-state index in [1.165, 1.54) is 0 Å². The molecule has 0 atom stereocenters. The summed E-state index contributed by atoms with van der Waals surface area (Å²) in [6.07, 6.45) is 2.06. The lowest BCUT2D eigenvalue weighted by Crippen LogP contribution is -2.36. The maximum atomic E-state index is 5.34. The zero-order chi connectivity index (χ0) is 13.5. The van der Waals surface area contributed by atoms with Crippen molar-refractivity contribution in [1.29, 1.82) is 0 Å². The second-order valence-electron chi connectivity index (χ2n) is 4.57. The molecule has 2 heterocycles. The van der Waals surface area contributed by atoms with Crippen LogP contribution in [0.2, 0.25) is 0 Å². The molecule has 1 fully saturated rings. The van der Waals surface area contributed by atoms with Crippen LogP contribution in [-0.2, 0) is 11.2 Å². The molecule has 106 valence electrons. The van der Waals surface area contributed by atoms with E-state index in [2.05, 4.69) is 9.88 Å². The molecule has 1 aliphatic rings. The molecule has 0 spiro atoms. The van der Waals surface area contributed by atoms with Gasteiger partial charge < -0.3 is 14.2 Å². The molecular weight excluding hydrogens is 244 g/mol. The Labute approximate surface area is 114 Å². The number of nitrogens with zero attached hydrogens (tertiary/aromatic N) is 2. The van der Waals surface area contributed by atoms with Gasteiger partial charge in [-0.05, 0) is 31.5 Å². The van der Waals surface area contributed by atoms with Gasteiger partial charge in [0.1, 0.15) is 0 Å². The van der Waals surface area contributed by atoms with Gasteiger partial charge in [0.2, 0.25) is 0 Å². The molecule has 5 heteroatoms. The van der Waals surface area contributed by atoms with Crippen LogP contribution in [0.3, 0.4) is 0 Å². The number of pyridine rings is 1. The number of aromatic nitrogens is 1. The highest BCUT2D eigenvalue weighted by molar-refractivity contribution is 5.34. The molecule has 0 saturated carbocycles. The lowest BCUT2D eigenvalue weighted by Gasteiger charge is -2.26. The Morgan fingerprint density at radius 2 is 2.00 bits per heavy atom. The number of ether oxygens (including phenoxy) is 3. The summed E-state index contributed by atoms with van der Waals surface area (Å²) in [5, 5.41) is 0. The first-order valence-corrected chi connectivity index (χ1v) is 6.71. The van der Waals surface area contributed by atoms with Crippen LogP contribution in [0, 0.1) is 0 Å². The van der Waals surface area contributed by atoms with Gasteiger partial charge in [-0.25, -0.2) is 4.98 Å². The van der Waals surface area contributed by atoms with E-state index in [-0.39, 0.29) is 0 Å². The molecule has 5 nitrogen and oxygen atoms in total. The molecule has 0 amide bonds. The van der Waals surface area contributed by atoms with Crippen LogP contribution >= 0.6 is 0 Å². The number of aryl methyl sites for hydroxylation is 1. The van der Waals surface area contributed by atoms with Gasteiger partial charge in [0.25, 0.3) is 5.88 Å². The topological polar surface area (TPSA) is 43.8 Å². The quantitative estimate of drug-likeness (QED) is 0.778. The summed E-state index contributed by atoms with van der Waals surface area (Å²) in [5.41, 5.74) is 1.05. The normalized spacial score (nSPS) is 16.3. The molecule has 0 N–H and O–H groups in total. The van der Waals surface area contributed by atoms with Gasteiger partial charge in [0, 0.05) is 18.8 Å². The Morgan fingerprint density at radius 3 is 2.68 bits per heavy atom. The van der Waals surface area contributed by atoms with Crippen molar-refractivity contribution >= 4 is 0 Å². The first-order valence-electron chi connectivity index (χ1n) is 6.71. The SMILES string of the molecule is COc1ccc(CCCN2CCOCC2)nc1OC. The van der Waals surface area contributed by atoms with Gasteiger partial charge in [-0.3, -0.25) is 4.90 Å². The summed E-state index contributed by atoms with van der Waals surface area (Å²) < 4.78 is 15.7. The number of methoxy groups -OCH3 is 2. The zero-order valence-corrected chi connectivity index (χ0v) is 11.7. The average Bonchev–Trinajstić information content (AvgIpc) is 2.48. The predicted octanol–water partition coefficient (Wildman–Crippen LogP) is 1.36. The fourth-order valence-corrected chi connectivity index (χ4v) is 2.22. The first kappa shape index (κ1) is 14.1. The van der Waals surface area contributed by atoms with Crippen molar-refractivity contribution in [2.75, 3.05) is 47.1 Å². The Morgan fingerprint density at radius 1 is 1.21 bits per heavy atom. The van der Waals surface area contributed by atoms with Gasteiger partial charge in [-0.2, -0.15) is 0 Å². The van der Waals surface area contributed by atoms with Crippen LogP contribution in [0.25, 0.3) is 0 Å². The van der Waals surface area contributed by atoms with Gasteiger partial charge in [-0.1, -0.05) is 0 Å². The highest BCUT2D eigenvalue weighted by atomic mass is 16.5. The van der Waals surface area contributed by atoms with E-state index < -0.39 is 0 Å². The molecule has 1 aliphatic heterocycles. The van der Waals surface area contributed by atoms with Crippen LogP contribution in [-0.4, -0.2) is 57.0 Å². The van der Waals surface area contributed by atoms with Crippen molar-refractivity contribution in [2.24, 2.45) is 0 Å². The van der Waals surface area contributed by atoms with Crippen LogP contribution in [0.5, 0.6) is 11.6 Å². The van der Waals surface area contributed by atoms with Gasteiger partial charge in [0.05, 0.1) is 27.4 Å². The summed E-state index contributed by atoms with van der Waals surface area (Å²) in [7, 11) is 3.24. The lowest BCUT2D eigenvalue weighted by atomic mass is 10.2. The van der Waals surface area contributed by atoms with Crippen LogP contribution < -0.4 is 9.47 Å². The van der Waals surface area contributed by atoms with Gasteiger partial charge >= 0.3 is 0 Å². The minimum absolute atomic E-state index is 0.561. The smallest absolute Gasteiger partial charge is 0.256 e. The molecule has 0 unspecified atom stereocenters. The zero-order valence-electron chi connectivity index (χ0n) is 11.7. The Hall–Kier alpha value is -1.33. The predicted molar refractivity (Wildman–Crippen MR) is 72.9 cm³/mol. The van der Waals surface area contributed by atoms with E-state index >= 15 is 0 Å². The summed E-state index contributed by atoms with van der Waals surface area (Å²) in [4.78, 5) is 6.89. The molecule has 0 aromatic carbocycles. The Bertz CT molecular complexity index is 392. The molecule has 19 heavy (non-hydrogen) atoms. The highest BCUT2D eigenvalue weighted by Gasteiger charge is 2.10. The van der Waals surface area contributed by atoms with Crippen molar-refractivity contribution in [3.63, 3.8) is 0 Å². The summed E-state index contributed by atoms with van der Waals surface area (Å²) >= 11 is 0. The van der Waals surface area contributed by atoms with E-state index in [0.29, 0.717) is 11.6 Å². The standard InChI is InChI=1S/C14H22N2O3/c1-17-13-6-5-12(15-14(13)18-2)4-3-7-16-8-10-19-11-9-16/h5-6H,3-4,7-11H2,1-2H3. The van der Waals surface area contributed by atoms with E-state index in [1.807, 2.05) is 12.1 Å². The number of rotatable bonds is 6. The number of hydrogen-bond donors (Lipinski definition) is 0. The van der Waals surface area contributed by atoms with Crippen LogP contribution in [0.15, 0.2) is 12.1 Å². The fourth-order valence-electron chi connectivity index (χ4n) is 2.22. The minimum atomic E-state index is 0.561. The molecule has 0 bridgehead atoms. The van der Waals surface area contributed by atoms with Crippen molar-refractivity contribution in [3.8, 4) is 11.6 Å². The first-order chi connectivity index (χ1) is 9.33. The number of morpholine rings is 1. The third-order valence-electron chi connectivity index (χ3n) is 3.31. The molecule has 1 aromatic rings. The monoisotopic (exact) mass is 266 g/mol. The van der Waals surface area contributed by atoms with Crippen molar-refractivity contribution < 1.29 is 14.2 Å². The van der Waals surface area contributed by atoms with Crippen LogP contribution in [0.4, 0.5) is 0 Å². The summed E-state index contributed by atoms with van der Waals surface area (Å²) in [6.45, 7) is 4.89. The average molecular weight is 266 g/mol. The second kappa shape index (κ2) is 7.31. The van der Waals surface area contributed by atoms with E-state index in [1.54, 1.807) is 14.2 Å². The highest BCUT2D eigenvalue weighted by Crippen LogP contribution is 2.24. The molecule has 0 radical (unpaired) electrons. The Balaban J connectivity index is 1.81. The summed E-state index contributed by atoms with van der Waals surface area (Å²) in [6, 6.07) is 3.91.